The smallest absolute Gasteiger partial charge is 0.253 e. The fourth-order valence-corrected chi connectivity index (χ4v) is 3.26. The normalized spacial score (nSPS) is 21.2. The van der Waals surface area contributed by atoms with Gasteiger partial charge in [0.25, 0.3) is 5.91 Å². The van der Waals surface area contributed by atoms with Crippen molar-refractivity contribution in [3.8, 4) is 0 Å². The average molecular weight is 344 g/mol. The highest BCUT2D eigenvalue weighted by Gasteiger charge is 2.33. The lowest BCUT2D eigenvalue weighted by Gasteiger charge is -2.40. The summed E-state index contributed by atoms with van der Waals surface area (Å²) in [6.07, 6.45) is 5.27. The molecule has 2 atom stereocenters. The number of morpholine rings is 1. The lowest BCUT2D eigenvalue weighted by molar-refractivity contribution is -0.0685. The Kier molecular flexibility index (Phi) is 5.40. The van der Waals surface area contributed by atoms with Crippen molar-refractivity contribution in [2.24, 2.45) is 7.05 Å². The molecule has 2 aromatic rings. The molecule has 1 N–H and O–H groups in total. The van der Waals surface area contributed by atoms with Crippen LogP contribution in [0, 0.1) is 6.92 Å². The van der Waals surface area contributed by atoms with Crippen LogP contribution in [0.3, 0.4) is 0 Å². The van der Waals surface area contributed by atoms with Gasteiger partial charge in [-0.25, -0.2) is 0 Å². The number of rotatable bonds is 5. The number of aryl methyl sites for hydroxylation is 2. The van der Waals surface area contributed by atoms with E-state index in [0.717, 1.165) is 18.7 Å². The van der Waals surface area contributed by atoms with Crippen molar-refractivity contribution in [2.45, 2.75) is 26.0 Å². The van der Waals surface area contributed by atoms with Crippen molar-refractivity contribution in [1.82, 2.24) is 30.2 Å². The van der Waals surface area contributed by atoms with Gasteiger partial charge in [-0.15, -0.1) is 0 Å². The molecule has 8 nitrogen and oxygen atoms in total. The number of nitrogens with zero attached hydrogens (tertiary/aromatic N) is 5. The summed E-state index contributed by atoms with van der Waals surface area (Å²) in [5.74, 6) is -0.158. The first-order chi connectivity index (χ1) is 12.1. The minimum absolute atomic E-state index is 0.0735. The monoisotopic (exact) mass is 344 g/mol. The minimum atomic E-state index is -0.158. The summed E-state index contributed by atoms with van der Waals surface area (Å²) in [6.45, 7) is 6.78. The van der Waals surface area contributed by atoms with Crippen molar-refractivity contribution in [3.63, 3.8) is 0 Å². The molecule has 0 aromatic carbocycles. The third-order valence-electron chi connectivity index (χ3n) is 4.54. The van der Waals surface area contributed by atoms with Crippen LogP contribution < -0.4 is 5.32 Å². The number of ether oxygens (including phenoxy) is 1. The molecule has 8 heteroatoms. The quantitative estimate of drug-likeness (QED) is 0.860. The van der Waals surface area contributed by atoms with E-state index in [1.807, 2.05) is 19.4 Å². The van der Waals surface area contributed by atoms with Gasteiger partial charge in [0.15, 0.2) is 0 Å². The lowest BCUT2D eigenvalue weighted by atomic mass is 10.0. The topological polar surface area (TPSA) is 85.2 Å². The first-order valence-electron chi connectivity index (χ1n) is 8.50. The maximum absolute atomic E-state index is 12.4. The third kappa shape index (κ3) is 3.85. The Morgan fingerprint density at radius 1 is 1.48 bits per heavy atom. The molecule has 2 aromatic heterocycles. The van der Waals surface area contributed by atoms with E-state index in [-0.39, 0.29) is 18.1 Å². The third-order valence-corrected chi connectivity index (χ3v) is 4.54. The van der Waals surface area contributed by atoms with Crippen LogP contribution in [-0.4, -0.2) is 63.1 Å². The van der Waals surface area contributed by atoms with Crippen LogP contribution >= 0.6 is 0 Å². The first kappa shape index (κ1) is 17.5. The number of aromatic nitrogens is 4. The number of amides is 1. The predicted molar refractivity (Wildman–Crippen MR) is 92.0 cm³/mol. The van der Waals surface area contributed by atoms with E-state index in [2.05, 4.69) is 32.4 Å². The molecular formula is C17H24N6O2. The summed E-state index contributed by atoms with van der Waals surface area (Å²) in [7, 11) is 1.90. The molecule has 0 unspecified atom stereocenters. The van der Waals surface area contributed by atoms with Gasteiger partial charge in [0.05, 0.1) is 42.4 Å². The van der Waals surface area contributed by atoms with E-state index in [1.54, 1.807) is 17.7 Å². The first-order valence-corrected chi connectivity index (χ1v) is 8.50. The number of hydrogen-bond donors (Lipinski definition) is 1. The second-order valence-electron chi connectivity index (χ2n) is 6.17. The van der Waals surface area contributed by atoms with Crippen LogP contribution in [0.4, 0.5) is 0 Å². The molecule has 3 heterocycles. The molecule has 1 aliphatic heterocycles. The molecule has 25 heavy (non-hydrogen) atoms. The molecule has 0 saturated carbocycles. The minimum Gasteiger partial charge on any atom is -0.373 e. The Morgan fingerprint density at radius 2 is 2.32 bits per heavy atom. The highest BCUT2D eigenvalue weighted by Crippen LogP contribution is 2.28. The SMILES string of the molecule is CCN1CCO[C@@H](CNC(=O)c2ccnnc2C)[C@@H]1c1cnn(C)c1. The van der Waals surface area contributed by atoms with Crippen molar-refractivity contribution < 1.29 is 9.53 Å². The Hall–Kier alpha value is -2.32. The van der Waals surface area contributed by atoms with Gasteiger partial charge in [-0.1, -0.05) is 6.92 Å². The van der Waals surface area contributed by atoms with Gasteiger partial charge in [-0.2, -0.15) is 15.3 Å². The highest BCUT2D eigenvalue weighted by molar-refractivity contribution is 5.95. The van der Waals surface area contributed by atoms with Crippen molar-refractivity contribution in [2.75, 3.05) is 26.2 Å². The summed E-state index contributed by atoms with van der Waals surface area (Å²) in [5, 5.41) is 15.0. The molecule has 1 amide bonds. The molecule has 0 aliphatic carbocycles. The van der Waals surface area contributed by atoms with Gasteiger partial charge in [-0.3, -0.25) is 14.4 Å². The second kappa shape index (κ2) is 7.71. The molecule has 1 aliphatic rings. The zero-order valence-electron chi connectivity index (χ0n) is 14.8. The molecule has 0 spiro atoms. The van der Waals surface area contributed by atoms with E-state index in [1.165, 1.54) is 6.20 Å². The zero-order valence-corrected chi connectivity index (χ0v) is 14.8. The summed E-state index contributed by atoms with van der Waals surface area (Å²) in [5.41, 5.74) is 2.25. The molecule has 0 radical (unpaired) electrons. The standard InChI is InChI=1S/C17H24N6O2/c1-4-23-7-8-25-15(16(23)13-9-20-22(3)11-13)10-18-17(24)14-5-6-19-21-12(14)2/h5-6,9,11,15-16H,4,7-8,10H2,1-3H3,(H,18,24)/t15-,16-/m0/s1. The largest absolute Gasteiger partial charge is 0.373 e. The Balaban J connectivity index is 1.73. The number of likely N-dealkylation sites (N-methyl/N-ethyl adjacent to an activating group) is 1. The van der Waals surface area contributed by atoms with Crippen LogP contribution in [0.15, 0.2) is 24.7 Å². The fraction of sp³-hybridized carbons (Fsp3) is 0.529. The number of carbonyl (C=O) groups is 1. The molecule has 1 fully saturated rings. The van der Waals surface area contributed by atoms with Gasteiger partial charge in [0, 0.05) is 31.9 Å². The van der Waals surface area contributed by atoms with Gasteiger partial charge >= 0.3 is 0 Å². The fourth-order valence-electron chi connectivity index (χ4n) is 3.26. The van der Waals surface area contributed by atoms with Crippen LogP contribution in [-0.2, 0) is 11.8 Å². The van der Waals surface area contributed by atoms with Crippen LogP contribution in [0.5, 0.6) is 0 Å². The van der Waals surface area contributed by atoms with E-state index in [4.69, 9.17) is 4.74 Å². The summed E-state index contributed by atoms with van der Waals surface area (Å²) >= 11 is 0. The van der Waals surface area contributed by atoms with Crippen molar-refractivity contribution in [1.29, 1.82) is 0 Å². The second-order valence-corrected chi connectivity index (χ2v) is 6.17. The molecular weight excluding hydrogens is 320 g/mol. The van der Waals surface area contributed by atoms with Gasteiger partial charge in [-0.05, 0) is 19.5 Å². The highest BCUT2D eigenvalue weighted by atomic mass is 16.5. The summed E-state index contributed by atoms with van der Waals surface area (Å²) in [4.78, 5) is 14.8. The molecule has 134 valence electrons. The van der Waals surface area contributed by atoms with Gasteiger partial charge in [0.2, 0.25) is 0 Å². The van der Waals surface area contributed by atoms with Gasteiger partial charge in [0.1, 0.15) is 0 Å². The van der Waals surface area contributed by atoms with E-state index in [9.17, 15) is 4.79 Å². The summed E-state index contributed by atoms with van der Waals surface area (Å²) in [6, 6.07) is 1.75. The van der Waals surface area contributed by atoms with E-state index < -0.39 is 0 Å². The Labute approximate surface area is 147 Å². The number of nitrogens with one attached hydrogen (secondary N) is 1. The Morgan fingerprint density at radius 3 is 3.00 bits per heavy atom. The number of carbonyl (C=O) groups excluding carboxylic acids is 1. The van der Waals surface area contributed by atoms with E-state index in [0.29, 0.717) is 24.4 Å². The van der Waals surface area contributed by atoms with Crippen LogP contribution in [0.1, 0.15) is 34.6 Å². The maximum atomic E-state index is 12.4. The lowest BCUT2D eigenvalue weighted by Crippen LogP contribution is -2.49. The molecule has 1 saturated heterocycles. The van der Waals surface area contributed by atoms with Crippen LogP contribution in [0.2, 0.25) is 0 Å². The van der Waals surface area contributed by atoms with Crippen molar-refractivity contribution >= 4 is 5.91 Å². The number of hydrogen-bond acceptors (Lipinski definition) is 6. The summed E-state index contributed by atoms with van der Waals surface area (Å²) < 4.78 is 7.77. The van der Waals surface area contributed by atoms with Crippen molar-refractivity contribution in [3.05, 3.63) is 41.5 Å². The maximum Gasteiger partial charge on any atom is 0.253 e. The molecule has 3 rings (SSSR count). The average Bonchev–Trinajstić information content (AvgIpc) is 3.05. The van der Waals surface area contributed by atoms with Gasteiger partial charge < -0.3 is 10.1 Å². The predicted octanol–water partition coefficient (Wildman–Crippen LogP) is 0.710. The van der Waals surface area contributed by atoms with E-state index >= 15 is 0 Å². The Bertz CT molecular complexity index is 731. The molecule has 0 bridgehead atoms. The van der Waals surface area contributed by atoms with Crippen LogP contribution in [0.25, 0.3) is 0 Å². The zero-order chi connectivity index (χ0) is 17.8.